The first-order valence-corrected chi connectivity index (χ1v) is 12.2. The first kappa shape index (κ1) is 26.0. The van der Waals surface area contributed by atoms with Crippen molar-refractivity contribution in [3.63, 3.8) is 0 Å². The number of nitrogens with zero attached hydrogens (tertiary/aromatic N) is 4. The van der Waals surface area contributed by atoms with E-state index in [0.717, 1.165) is 62.6 Å². The number of aromatic nitrogens is 1. The maximum atomic E-state index is 5.76. The van der Waals surface area contributed by atoms with Crippen LogP contribution in [0.15, 0.2) is 39.7 Å². The van der Waals surface area contributed by atoms with Crippen LogP contribution in [0.2, 0.25) is 0 Å². The van der Waals surface area contributed by atoms with E-state index in [1.807, 2.05) is 20.9 Å². The van der Waals surface area contributed by atoms with Crippen molar-refractivity contribution in [3.8, 4) is 0 Å². The molecule has 2 unspecified atom stereocenters. The van der Waals surface area contributed by atoms with Crippen LogP contribution in [0, 0.1) is 25.7 Å². The molecule has 2 atom stereocenters. The van der Waals surface area contributed by atoms with Gasteiger partial charge in [0.15, 0.2) is 5.96 Å². The van der Waals surface area contributed by atoms with Gasteiger partial charge in [-0.05, 0) is 69.5 Å². The summed E-state index contributed by atoms with van der Waals surface area (Å²) in [6.07, 6.45) is 3.59. The molecule has 1 aromatic carbocycles. The molecule has 33 heavy (non-hydrogen) atoms. The fourth-order valence-corrected chi connectivity index (χ4v) is 5.25. The maximum Gasteiger partial charge on any atom is 0.208 e. The van der Waals surface area contributed by atoms with E-state index < -0.39 is 0 Å². The molecule has 3 heterocycles. The van der Waals surface area contributed by atoms with Crippen LogP contribution in [0.25, 0.3) is 0 Å². The Morgan fingerprint density at radius 3 is 2.45 bits per heavy atom. The highest BCUT2D eigenvalue weighted by atomic mass is 127. The Labute approximate surface area is 216 Å². The Morgan fingerprint density at radius 1 is 1.12 bits per heavy atom. The summed E-state index contributed by atoms with van der Waals surface area (Å²) in [7, 11) is 1.92. The van der Waals surface area contributed by atoms with E-state index in [-0.39, 0.29) is 24.0 Å². The lowest BCUT2D eigenvalue weighted by Crippen LogP contribution is -2.49. The van der Waals surface area contributed by atoms with E-state index in [1.54, 1.807) is 0 Å². The molecule has 0 spiro atoms. The van der Waals surface area contributed by atoms with Crippen molar-refractivity contribution in [1.82, 2.24) is 20.1 Å². The van der Waals surface area contributed by atoms with E-state index in [2.05, 4.69) is 62.3 Å². The zero-order valence-corrected chi connectivity index (χ0v) is 22.9. The Hall–Kier alpha value is -1.61. The minimum absolute atomic E-state index is 0. The van der Waals surface area contributed by atoms with Crippen LogP contribution in [0.4, 0.5) is 0 Å². The molecule has 2 aliphatic rings. The Balaban J connectivity index is 0.00000306. The smallest absolute Gasteiger partial charge is 0.208 e. The first-order chi connectivity index (χ1) is 15.5. The average Bonchev–Trinajstić information content (AvgIpc) is 3.12. The summed E-state index contributed by atoms with van der Waals surface area (Å²) in [6.45, 7) is 12.5. The molecule has 1 aromatic heterocycles. The molecule has 2 saturated heterocycles. The van der Waals surface area contributed by atoms with Gasteiger partial charge in [0.2, 0.25) is 5.89 Å². The third kappa shape index (κ3) is 6.72. The van der Waals surface area contributed by atoms with Gasteiger partial charge in [-0.3, -0.25) is 9.89 Å². The van der Waals surface area contributed by atoms with Gasteiger partial charge in [-0.25, -0.2) is 4.98 Å². The lowest BCUT2D eigenvalue weighted by atomic mass is 9.82. The van der Waals surface area contributed by atoms with E-state index in [0.29, 0.717) is 17.8 Å². The highest BCUT2D eigenvalue weighted by Gasteiger charge is 2.29. The van der Waals surface area contributed by atoms with Crippen molar-refractivity contribution >= 4 is 29.9 Å². The quantitative estimate of drug-likeness (QED) is 0.320. The largest absolute Gasteiger partial charge is 0.444 e. The summed E-state index contributed by atoms with van der Waals surface area (Å²) in [5, 5.41) is 3.69. The first-order valence-electron chi connectivity index (χ1n) is 12.2. The molecule has 7 heteroatoms. The maximum absolute atomic E-state index is 5.76. The Bertz CT molecular complexity index is 872. The molecule has 4 rings (SSSR count). The molecular weight excluding hydrogens is 525 g/mol. The van der Waals surface area contributed by atoms with Gasteiger partial charge in [0.05, 0.1) is 12.2 Å². The predicted molar refractivity (Wildman–Crippen MR) is 145 cm³/mol. The lowest BCUT2D eigenvalue weighted by molar-refractivity contribution is 0.163. The molecular formula is C26H40IN5O. The van der Waals surface area contributed by atoms with Crippen LogP contribution in [-0.2, 0) is 6.54 Å². The Morgan fingerprint density at radius 2 is 1.85 bits per heavy atom. The topological polar surface area (TPSA) is 56.9 Å². The number of hydrogen-bond donors (Lipinski definition) is 1. The molecule has 0 bridgehead atoms. The number of rotatable bonds is 5. The van der Waals surface area contributed by atoms with Crippen molar-refractivity contribution in [2.45, 2.75) is 52.5 Å². The molecule has 2 fully saturated rings. The molecule has 182 valence electrons. The fourth-order valence-electron chi connectivity index (χ4n) is 5.25. The number of likely N-dealkylation sites (tertiary alicyclic amines) is 2. The second kappa shape index (κ2) is 12.2. The van der Waals surface area contributed by atoms with Crippen molar-refractivity contribution in [2.75, 3.05) is 39.8 Å². The number of oxazole rings is 1. The van der Waals surface area contributed by atoms with Gasteiger partial charge in [0.25, 0.3) is 0 Å². The van der Waals surface area contributed by atoms with Crippen LogP contribution in [-0.4, -0.2) is 60.5 Å². The second-order valence-electron chi connectivity index (χ2n) is 9.63. The van der Waals surface area contributed by atoms with Gasteiger partial charge < -0.3 is 14.6 Å². The molecule has 2 aliphatic heterocycles. The van der Waals surface area contributed by atoms with Gasteiger partial charge in [0, 0.05) is 26.7 Å². The SMILES string of the molecule is CN=C(NCC1CCN(Cc2nc(C)c(C)o2)CC1)N1CCC(c2ccccc2)C(C)C1.I. The summed E-state index contributed by atoms with van der Waals surface area (Å²) < 4.78 is 5.76. The Kier molecular flexibility index (Phi) is 9.61. The summed E-state index contributed by atoms with van der Waals surface area (Å²) >= 11 is 0. The zero-order chi connectivity index (χ0) is 22.5. The van der Waals surface area contributed by atoms with E-state index >= 15 is 0 Å². The number of aryl methyl sites for hydroxylation is 2. The molecule has 0 saturated carbocycles. The standard InChI is InChI=1S/C26H39N5O.HI/c1-19-17-31(15-12-24(19)23-8-6-5-7-9-23)26(27-4)28-16-22-10-13-30(14-11-22)18-25-29-20(2)21(3)32-25;/h5-9,19,22,24H,10-18H2,1-4H3,(H,27,28);1H. The number of aliphatic imine (C=N–C) groups is 1. The second-order valence-corrected chi connectivity index (χ2v) is 9.63. The van der Waals surface area contributed by atoms with E-state index in [1.165, 1.54) is 24.8 Å². The normalized spacial score (nSPS) is 22.8. The third-order valence-corrected chi connectivity index (χ3v) is 7.33. The highest BCUT2D eigenvalue weighted by Crippen LogP contribution is 2.32. The van der Waals surface area contributed by atoms with Gasteiger partial charge >= 0.3 is 0 Å². The summed E-state index contributed by atoms with van der Waals surface area (Å²) in [5.74, 6) is 4.81. The third-order valence-electron chi connectivity index (χ3n) is 7.33. The van der Waals surface area contributed by atoms with Gasteiger partial charge in [0.1, 0.15) is 5.76 Å². The predicted octanol–water partition coefficient (Wildman–Crippen LogP) is 4.82. The summed E-state index contributed by atoms with van der Waals surface area (Å²) in [4.78, 5) is 14.1. The molecule has 2 aromatic rings. The van der Waals surface area contributed by atoms with E-state index in [4.69, 9.17) is 4.42 Å². The monoisotopic (exact) mass is 565 g/mol. The van der Waals surface area contributed by atoms with E-state index in [9.17, 15) is 0 Å². The zero-order valence-electron chi connectivity index (χ0n) is 20.6. The molecule has 0 aliphatic carbocycles. The molecule has 1 N–H and O–H groups in total. The number of piperidine rings is 2. The van der Waals surface area contributed by atoms with Gasteiger partial charge in [-0.2, -0.15) is 0 Å². The van der Waals surface area contributed by atoms with Crippen molar-refractivity contribution in [3.05, 3.63) is 53.2 Å². The summed E-state index contributed by atoms with van der Waals surface area (Å²) in [6, 6.07) is 11.0. The van der Waals surface area contributed by atoms with Crippen LogP contribution in [0.1, 0.15) is 55.0 Å². The summed E-state index contributed by atoms with van der Waals surface area (Å²) in [5.41, 5.74) is 2.48. The van der Waals surface area contributed by atoms with Crippen LogP contribution < -0.4 is 5.32 Å². The number of benzene rings is 1. The van der Waals surface area contributed by atoms with Crippen LogP contribution >= 0.6 is 24.0 Å². The molecule has 0 amide bonds. The van der Waals surface area contributed by atoms with Gasteiger partial charge in [-0.1, -0.05) is 37.3 Å². The number of nitrogens with one attached hydrogen (secondary N) is 1. The van der Waals surface area contributed by atoms with Crippen molar-refractivity contribution in [2.24, 2.45) is 16.8 Å². The number of hydrogen-bond acceptors (Lipinski definition) is 4. The van der Waals surface area contributed by atoms with Crippen molar-refractivity contribution < 1.29 is 4.42 Å². The lowest BCUT2D eigenvalue weighted by Gasteiger charge is -2.39. The van der Waals surface area contributed by atoms with Gasteiger partial charge in [-0.15, -0.1) is 24.0 Å². The molecule has 0 radical (unpaired) electrons. The average molecular weight is 566 g/mol. The number of guanidine groups is 1. The van der Waals surface area contributed by atoms with Crippen LogP contribution in [0.3, 0.4) is 0 Å². The van der Waals surface area contributed by atoms with Crippen molar-refractivity contribution in [1.29, 1.82) is 0 Å². The minimum atomic E-state index is 0. The van der Waals surface area contributed by atoms with Crippen LogP contribution in [0.5, 0.6) is 0 Å². The minimum Gasteiger partial charge on any atom is -0.444 e. The highest BCUT2D eigenvalue weighted by molar-refractivity contribution is 14.0. The fraction of sp³-hybridized carbons (Fsp3) is 0.615. The number of halogens is 1. The molecule has 6 nitrogen and oxygen atoms in total.